The molecule has 77 valence electrons. The van der Waals surface area contributed by atoms with E-state index >= 15 is 0 Å². The molecule has 1 heterocycles. The van der Waals surface area contributed by atoms with Crippen LogP contribution < -0.4 is 10.9 Å². The summed E-state index contributed by atoms with van der Waals surface area (Å²) < 4.78 is 1.08. The molecule has 1 rings (SSSR count). The van der Waals surface area contributed by atoms with Crippen molar-refractivity contribution in [1.29, 1.82) is 0 Å². The Morgan fingerprint density at radius 2 is 2.36 bits per heavy atom. The standard InChI is InChI=1S/C7H9N4O2.Re/c1-9-6(12)3-11-4-10-2-5(8)7(11)13;/h2,4,8H,3H2,1H3,(H,9,12);/q-1;. The maximum atomic E-state index is 11.2. The molecule has 0 saturated heterocycles. The number of carbonyl (C=O) groups is 1. The van der Waals surface area contributed by atoms with Crippen LogP contribution >= 0.6 is 0 Å². The molecule has 0 atom stereocenters. The first kappa shape index (κ1) is 12.8. The van der Waals surface area contributed by atoms with Gasteiger partial charge in [0.25, 0.3) is 0 Å². The smallest absolute Gasteiger partial charge is 0.239 e. The van der Waals surface area contributed by atoms with Gasteiger partial charge in [0, 0.05) is 33.7 Å². The van der Waals surface area contributed by atoms with Crippen LogP contribution in [0.3, 0.4) is 0 Å². The first-order chi connectivity index (χ1) is 6.15. The van der Waals surface area contributed by atoms with Crippen LogP contribution in [-0.2, 0) is 31.8 Å². The van der Waals surface area contributed by atoms with E-state index in [4.69, 9.17) is 5.73 Å². The zero-order valence-corrected chi connectivity index (χ0v) is 10.2. The third-order valence-corrected chi connectivity index (χ3v) is 1.49. The molecule has 6 nitrogen and oxygen atoms in total. The van der Waals surface area contributed by atoms with E-state index in [1.165, 1.54) is 13.4 Å². The largest absolute Gasteiger partial charge is 0.693 e. The molecule has 0 aliphatic rings. The summed E-state index contributed by atoms with van der Waals surface area (Å²) in [6.45, 7) is -0.102. The van der Waals surface area contributed by atoms with E-state index in [0.29, 0.717) is 0 Å². The second-order valence-corrected chi connectivity index (χ2v) is 2.41. The predicted molar refractivity (Wildman–Crippen MR) is 46.5 cm³/mol. The number of aromatic nitrogens is 2. The molecular weight excluding hydrogens is 358 g/mol. The summed E-state index contributed by atoms with van der Waals surface area (Å²) in [6.07, 6.45) is 2.37. The van der Waals surface area contributed by atoms with E-state index < -0.39 is 5.56 Å². The van der Waals surface area contributed by atoms with Crippen LogP contribution in [0.4, 0.5) is 5.69 Å². The van der Waals surface area contributed by atoms with E-state index in [2.05, 4.69) is 10.3 Å². The molecule has 0 spiro atoms. The molecule has 1 aromatic rings. The number of likely N-dealkylation sites (N-methyl/N-ethyl adjacent to an activating group) is 1. The van der Waals surface area contributed by atoms with Crippen molar-refractivity contribution in [3.63, 3.8) is 0 Å². The van der Waals surface area contributed by atoms with Gasteiger partial charge in [-0.2, -0.15) is 0 Å². The van der Waals surface area contributed by atoms with E-state index in [-0.39, 0.29) is 38.6 Å². The minimum atomic E-state index is -0.515. The Morgan fingerprint density at radius 3 is 2.93 bits per heavy atom. The number of nitrogens with zero attached hydrogens (tertiary/aromatic N) is 2. The molecular formula is C7H9N4O2Re-. The van der Waals surface area contributed by atoms with Crippen LogP contribution in [0.2, 0.25) is 0 Å². The summed E-state index contributed by atoms with van der Waals surface area (Å²) in [4.78, 5) is 25.7. The zero-order valence-electron chi connectivity index (χ0n) is 7.45. The van der Waals surface area contributed by atoms with Crippen LogP contribution in [0.15, 0.2) is 17.3 Å². The van der Waals surface area contributed by atoms with Crippen LogP contribution in [0.25, 0.3) is 5.73 Å². The maximum absolute atomic E-state index is 11.2. The van der Waals surface area contributed by atoms with E-state index in [0.717, 1.165) is 10.8 Å². The van der Waals surface area contributed by atoms with Crippen molar-refractivity contribution in [3.05, 3.63) is 28.6 Å². The number of hydrogen-bond acceptors (Lipinski definition) is 3. The molecule has 7 heteroatoms. The Labute approximate surface area is 94.2 Å². The van der Waals surface area contributed by atoms with Gasteiger partial charge in [-0.25, -0.2) is 4.98 Å². The van der Waals surface area contributed by atoms with Crippen molar-refractivity contribution in [2.45, 2.75) is 6.54 Å². The van der Waals surface area contributed by atoms with Gasteiger partial charge in [0.05, 0.1) is 6.33 Å². The van der Waals surface area contributed by atoms with Gasteiger partial charge < -0.3 is 11.1 Å². The van der Waals surface area contributed by atoms with Gasteiger partial charge in [-0.3, -0.25) is 14.2 Å². The second kappa shape index (κ2) is 5.52. The van der Waals surface area contributed by atoms with Gasteiger partial charge in [-0.1, -0.05) is 5.69 Å². The SMILES string of the molecule is CNC(=O)Cn1cncc([NH-])c1=O.[Re]. The minimum Gasteiger partial charge on any atom is -0.693 e. The summed E-state index contributed by atoms with van der Waals surface area (Å²) in [7, 11) is 1.48. The number of rotatable bonds is 2. The minimum absolute atomic E-state index is 0. The fraction of sp³-hybridized carbons (Fsp3) is 0.286. The normalized spacial score (nSPS) is 8.93. The van der Waals surface area contributed by atoms with Gasteiger partial charge in [-0.15, -0.1) is 0 Å². The Hall–Kier alpha value is -1.19. The van der Waals surface area contributed by atoms with Gasteiger partial charge in [0.2, 0.25) is 11.5 Å². The fourth-order valence-electron chi connectivity index (χ4n) is 0.797. The molecule has 0 unspecified atom stereocenters. The van der Waals surface area contributed by atoms with Crippen molar-refractivity contribution in [2.75, 3.05) is 7.05 Å². The average molecular weight is 367 g/mol. The van der Waals surface area contributed by atoms with Crippen LogP contribution in [-0.4, -0.2) is 22.5 Å². The Kier molecular flexibility index (Phi) is 5.05. The van der Waals surface area contributed by atoms with Crippen LogP contribution in [0.1, 0.15) is 0 Å². The van der Waals surface area contributed by atoms with E-state index in [1.54, 1.807) is 0 Å². The van der Waals surface area contributed by atoms with E-state index in [1.807, 2.05) is 0 Å². The predicted octanol–water partition coefficient (Wildman–Crippen LogP) is -0.330. The molecule has 0 fully saturated rings. The molecule has 0 saturated carbocycles. The van der Waals surface area contributed by atoms with Crippen LogP contribution in [0, 0.1) is 0 Å². The second-order valence-electron chi connectivity index (χ2n) is 2.41. The molecule has 0 bridgehead atoms. The first-order valence-electron chi connectivity index (χ1n) is 3.61. The molecule has 1 radical (unpaired) electrons. The number of nitrogens with one attached hydrogen (secondary N) is 2. The molecule has 0 aliphatic carbocycles. The molecule has 14 heavy (non-hydrogen) atoms. The molecule has 2 N–H and O–H groups in total. The third-order valence-electron chi connectivity index (χ3n) is 1.49. The molecule has 1 aromatic heterocycles. The summed E-state index contributed by atoms with van der Waals surface area (Å²) in [5, 5.41) is 2.37. The maximum Gasteiger partial charge on any atom is 0.239 e. The topological polar surface area (TPSA) is 87.8 Å². The number of carbonyl (C=O) groups excluding carboxylic acids is 1. The molecule has 1 amide bonds. The molecule has 0 aromatic carbocycles. The number of amides is 1. The summed E-state index contributed by atoms with van der Waals surface area (Å²) in [5.41, 5.74) is 6.40. The summed E-state index contributed by atoms with van der Waals surface area (Å²) in [5.74, 6) is -0.297. The van der Waals surface area contributed by atoms with Gasteiger partial charge in [-0.05, 0) is 0 Å². The Bertz CT molecular complexity index is 376. The van der Waals surface area contributed by atoms with Crippen molar-refractivity contribution < 1.29 is 25.2 Å². The zero-order chi connectivity index (χ0) is 9.84. The van der Waals surface area contributed by atoms with Gasteiger partial charge in [0.15, 0.2) is 0 Å². The quantitative estimate of drug-likeness (QED) is 0.777. The Balaban J connectivity index is 0.00000169. The summed E-state index contributed by atoms with van der Waals surface area (Å²) >= 11 is 0. The first-order valence-corrected chi connectivity index (χ1v) is 3.61. The Morgan fingerprint density at radius 1 is 1.71 bits per heavy atom. The van der Waals surface area contributed by atoms with Crippen molar-refractivity contribution in [1.82, 2.24) is 14.9 Å². The average Bonchev–Trinajstić information content (AvgIpc) is 2.13. The third kappa shape index (κ3) is 2.94. The fourth-order valence-corrected chi connectivity index (χ4v) is 0.797. The van der Waals surface area contributed by atoms with Gasteiger partial charge in [0.1, 0.15) is 6.54 Å². The monoisotopic (exact) mass is 368 g/mol. The van der Waals surface area contributed by atoms with Crippen molar-refractivity contribution in [3.8, 4) is 0 Å². The van der Waals surface area contributed by atoms with Crippen LogP contribution in [0.5, 0.6) is 0 Å². The summed E-state index contributed by atoms with van der Waals surface area (Å²) in [6, 6.07) is 0. The van der Waals surface area contributed by atoms with Crippen molar-refractivity contribution in [2.24, 2.45) is 0 Å². The number of hydrogen-bond donors (Lipinski definition) is 1. The molecule has 0 aliphatic heterocycles. The van der Waals surface area contributed by atoms with E-state index in [9.17, 15) is 9.59 Å². The van der Waals surface area contributed by atoms with Crippen molar-refractivity contribution >= 4 is 11.6 Å². The van der Waals surface area contributed by atoms with Gasteiger partial charge >= 0.3 is 0 Å².